The van der Waals surface area contributed by atoms with Crippen molar-refractivity contribution in [2.45, 2.75) is 67.2 Å². The Morgan fingerprint density at radius 2 is 0.796 bits per heavy atom. The summed E-state index contributed by atoms with van der Waals surface area (Å²) in [6.07, 6.45) is 4.76. The highest BCUT2D eigenvalue weighted by atomic mass is 16.6. The number of rotatable bonds is 32. The molecule has 0 N–H and O–H groups in total. The van der Waals surface area contributed by atoms with E-state index >= 15 is 0 Å². The Labute approximate surface area is 320 Å². The van der Waals surface area contributed by atoms with Gasteiger partial charge >= 0.3 is 17.9 Å². The molecular formula is C38H62O16. The first kappa shape index (κ1) is 56.1. The van der Waals surface area contributed by atoms with E-state index in [0.717, 1.165) is 6.08 Å². The fraction of sp³-hybridized carbons (Fsp3) is 0.605. The Bertz CT molecular complexity index is 1050. The van der Waals surface area contributed by atoms with Gasteiger partial charge in [-0.3, -0.25) is 28.8 Å². The lowest BCUT2D eigenvalue weighted by Crippen LogP contribution is -2.38. The van der Waals surface area contributed by atoms with Gasteiger partial charge in [-0.2, -0.15) is 0 Å². The summed E-state index contributed by atoms with van der Waals surface area (Å²) in [4.78, 5) is 79.2. The first-order chi connectivity index (χ1) is 25.2. The van der Waals surface area contributed by atoms with E-state index in [1.54, 1.807) is 0 Å². The van der Waals surface area contributed by atoms with Crippen molar-refractivity contribution in [1.29, 1.82) is 0 Å². The molecule has 0 bridgehead atoms. The van der Waals surface area contributed by atoms with Crippen molar-refractivity contribution >= 4 is 41.0 Å². The second kappa shape index (κ2) is 39.5. The Morgan fingerprint density at radius 1 is 0.481 bits per heavy atom. The molecular weight excluding hydrogens is 712 g/mol. The molecule has 0 aromatic heterocycles. The Balaban J connectivity index is -0.000000486. The fourth-order valence-electron chi connectivity index (χ4n) is 3.77. The van der Waals surface area contributed by atoms with Gasteiger partial charge in [0.1, 0.15) is 62.8 Å². The summed E-state index contributed by atoms with van der Waals surface area (Å²) in [6.45, 7) is 22.1. The number of esters is 3. The lowest BCUT2D eigenvalue weighted by molar-refractivity contribution is -0.149. The highest BCUT2D eigenvalue weighted by Gasteiger charge is 2.41. The molecule has 0 saturated heterocycles. The molecule has 0 atom stereocenters. The minimum atomic E-state index is -1.45. The van der Waals surface area contributed by atoms with Crippen molar-refractivity contribution in [2.24, 2.45) is 5.41 Å². The van der Waals surface area contributed by atoms with Crippen LogP contribution in [0.25, 0.3) is 0 Å². The van der Waals surface area contributed by atoms with E-state index in [0.29, 0.717) is 46.2 Å². The summed E-state index contributed by atoms with van der Waals surface area (Å²) in [6, 6.07) is 0. The van der Waals surface area contributed by atoms with Crippen LogP contribution >= 0.6 is 0 Å². The summed E-state index contributed by atoms with van der Waals surface area (Å²) in [7, 11) is 0. The van der Waals surface area contributed by atoms with Crippen molar-refractivity contribution in [3.8, 4) is 0 Å². The Hall–Kier alpha value is -4.67. The summed E-state index contributed by atoms with van der Waals surface area (Å²) in [5.41, 5.74) is -1.45. The van der Waals surface area contributed by atoms with Crippen molar-refractivity contribution in [2.75, 3.05) is 79.3 Å². The molecule has 0 aliphatic heterocycles. The second-order valence-electron chi connectivity index (χ2n) is 10.5. The van der Waals surface area contributed by atoms with Gasteiger partial charge in [0.2, 0.25) is 0 Å². The summed E-state index contributed by atoms with van der Waals surface area (Å²) < 4.78 is 44.8. The van der Waals surface area contributed by atoms with Crippen LogP contribution in [-0.4, -0.2) is 120 Å². The molecule has 0 unspecified atom stereocenters. The summed E-state index contributed by atoms with van der Waals surface area (Å²) in [5, 5.41) is 0. The zero-order chi connectivity index (χ0) is 40.8. The van der Waals surface area contributed by atoms with Crippen LogP contribution in [0.2, 0.25) is 0 Å². The monoisotopic (exact) mass is 774 g/mol. The van der Waals surface area contributed by atoms with E-state index < -0.39 is 34.9 Å². The van der Waals surface area contributed by atoms with Gasteiger partial charge in [0, 0.05) is 18.9 Å². The zero-order valence-electron chi connectivity index (χ0n) is 31.7. The van der Waals surface area contributed by atoms with Crippen LogP contribution in [0.15, 0.2) is 51.2 Å². The van der Waals surface area contributed by atoms with Gasteiger partial charge in [0.05, 0.1) is 70.3 Å². The smallest absolute Gasteiger partial charge is 0.330 e. The number of hydrogen-bond donors (Lipinski definition) is 0. The van der Waals surface area contributed by atoms with Crippen LogP contribution in [-0.2, 0) is 76.2 Å². The van der Waals surface area contributed by atoms with Crippen LogP contribution in [0, 0.1) is 5.41 Å². The van der Waals surface area contributed by atoms with Gasteiger partial charge < -0.3 is 42.6 Å². The molecule has 0 rings (SSSR count). The molecule has 16 nitrogen and oxygen atoms in total. The van der Waals surface area contributed by atoms with Gasteiger partial charge in [-0.25, -0.2) is 4.79 Å². The van der Waals surface area contributed by atoms with Crippen molar-refractivity contribution in [3.05, 3.63) is 51.2 Å². The quantitative estimate of drug-likeness (QED) is 0.0234. The lowest BCUT2D eigenvalue weighted by Gasteiger charge is -2.28. The van der Waals surface area contributed by atoms with E-state index in [1.165, 1.54) is 46.5 Å². The largest absolute Gasteiger partial charge is 0.499 e. The molecule has 54 heavy (non-hydrogen) atoms. The number of ketones is 4. The van der Waals surface area contributed by atoms with Crippen LogP contribution in [0.1, 0.15) is 67.2 Å². The molecule has 0 spiro atoms. The first-order valence-corrected chi connectivity index (χ1v) is 16.8. The maximum Gasteiger partial charge on any atom is 0.330 e. The molecule has 0 aliphatic carbocycles. The van der Waals surface area contributed by atoms with E-state index in [9.17, 15) is 33.6 Å². The predicted octanol–water partition coefficient (Wildman–Crippen LogP) is 4.23. The maximum atomic E-state index is 12.3. The minimum absolute atomic E-state index is 0. The zero-order valence-corrected chi connectivity index (χ0v) is 31.7. The second-order valence-corrected chi connectivity index (χ2v) is 10.5. The third-order valence-electron chi connectivity index (χ3n) is 6.37. The van der Waals surface area contributed by atoms with Crippen LogP contribution < -0.4 is 0 Å². The van der Waals surface area contributed by atoms with E-state index in [1.807, 2.05) is 0 Å². The van der Waals surface area contributed by atoms with Crippen LogP contribution in [0.5, 0.6) is 0 Å². The SMILES string of the molecule is C.C=COCCOCCOC(=O)C=C.C=COCCOCCOC(=O)CCC(CCC(=O)OCCOCCOC=C)(C(C)=O)C(C)=O.CC(=O)CC(C)=O. The van der Waals surface area contributed by atoms with Crippen molar-refractivity contribution < 1.29 is 76.2 Å². The van der Waals surface area contributed by atoms with E-state index in [4.69, 9.17) is 37.9 Å². The first-order valence-electron chi connectivity index (χ1n) is 16.8. The van der Waals surface area contributed by atoms with Gasteiger partial charge in [-0.05, 0) is 40.5 Å². The molecule has 0 amide bonds. The summed E-state index contributed by atoms with van der Waals surface area (Å²) >= 11 is 0. The maximum absolute atomic E-state index is 12.3. The molecule has 16 heteroatoms. The molecule has 0 fully saturated rings. The predicted molar refractivity (Wildman–Crippen MR) is 199 cm³/mol. The standard InChI is InChI=1S/C23H36O10.C9H14O4.C5H8O2.CH4/c1-5-28-11-13-30-15-17-32-21(26)7-9-23(19(3)24,20(4)25)10-8-22(27)33-18-16-31-14-12-29-6-2;1-3-9(10)13-8-7-12-6-5-11-4-2;1-4(6)3-5(2)7;/h5-6H,1-2,7-18H2,3-4H3;3-4H,1-2,5-8H2;3H2,1-2H3;1H4. The lowest BCUT2D eigenvalue weighted by atomic mass is 9.73. The molecule has 0 aromatic carbocycles. The third-order valence-corrected chi connectivity index (χ3v) is 6.37. The molecule has 0 heterocycles. The Morgan fingerprint density at radius 3 is 1.06 bits per heavy atom. The fourth-order valence-corrected chi connectivity index (χ4v) is 3.77. The van der Waals surface area contributed by atoms with Crippen molar-refractivity contribution in [3.63, 3.8) is 0 Å². The number of carbonyl (C=O) groups excluding carboxylic acids is 7. The van der Waals surface area contributed by atoms with Gasteiger partial charge in [-0.1, -0.05) is 33.7 Å². The number of ether oxygens (including phenoxy) is 9. The average Bonchev–Trinajstić information content (AvgIpc) is 3.10. The van der Waals surface area contributed by atoms with E-state index in [-0.39, 0.29) is 84.1 Å². The third kappa shape index (κ3) is 37.1. The number of carbonyl (C=O) groups is 7. The normalized spacial score (nSPS) is 9.78. The molecule has 0 saturated carbocycles. The number of Topliss-reactive ketones (excluding diaryl/α,β-unsaturated/α-hetero) is 4. The van der Waals surface area contributed by atoms with Crippen LogP contribution in [0.3, 0.4) is 0 Å². The van der Waals surface area contributed by atoms with E-state index in [2.05, 4.69) is 31.1 Å². The van der Waals surface area contributed by atoms with Crippen LogP contribution in [0.4, 0.5) is 0 Å². The van der Waals surface area contributed by atoms with Crippen molar-refractivity contribution in [1.82, 2.24) is 0 Å². The average molecular weight is 775 g/mol. The molecule has 310 valence electrons. The minimum Gasteiger partial charge on any atom is -0.499 e. The highest BCUT2D eigenvalue weighted by molar-refractivity contribution is 6.05. The Kier molecular flexibility index (Phi) is 41.1. The molecule has 0 aliphatic rings. The number of hydrogen-bond acceptors (Lipinski definition) is 16. The van der Waals surface area contributed by atoms with Gasteiger partial charge in [0.25, 0.3) is 0 Å². The molecule has 0 radical (unpaired) electrons. The van der Waals surface area contributed by atoms with Gasteiger partial charge in [-0.15, -0.1) is 0 Å². The topological polar surface area (TPSA) is 203 Å². The van der Waals surface area contributed by atoms with Gasteiger partial charge in [0.15, 0.2) is 0 Å². The highest BCUT2D eigenvalue weighted by Crippen LogP contribution is 2.33. The molecule has 0 aromatic rings. The summed E-state index contributed by atoms with van der Waals surface area (Å²) in [5.74, 6) is -2.51.